The van der Waals surface area contributed by atoms with Gasteiger partial charge in [-0.2, -0.15) is 0 Å². The lowest BCUT2D eigenvalue weighted by molar-refractivity contribution is 0.0979. The van der Waals surface area contributed by atoms with Gasteiger partial charge in [-0.15, -0.1) is 0 Å². The van der Waals surface area contributed by atoms with E-state index in [0.717, 1.165) is 11.3 Å². The second-order valence-corrected chi connectivity index (χ2v) is 6.62. The number of hydrogen-bond acceptors (Lipinski definition) is 3. The molecule has 0 aliphatic carbocycles. The highest BCUT2D eigenvalue weighted by atomic mass is 16.1. The molecule has 24 heavy (non-hydrogen) atoms. The Morgan fingerprint density at radius 3 is 2.25 bits per heavy atom. The standard InChI is InChI=1S/C20H26N2O2/c1-12(2)19(16-9-7-6-8-10-16)21-11-17(24)20-13(3)18(15(5)23)14(4)22-20/h6-10,12,19,21-22H,11H2,1-5H3/t19-/m1/s1. The van der Waals surface area contributed by atoms with E-state index in [4.69, 9.17) is 0 Å². The van der Waals surface area contributed by atoms with Crippen LogP contribution in [-0.4, -0.2) is 23.1 Å². The van der Waals surface area contributed by atoms with Gasteiger partial charge < -0.3 is 10.3 Å². The van der Waals surface area contributed by atoms with E-state index < -0.39 is 0 Å². The lowest BCUT2D eigenvalue weighted by Gasteiger charge is -2.22. The van der Waals surface area contributed by atoms with E-state index in [1.54, 1.807) is 0 Å². The normalized spacial score (nSPS) is 12.4. The molecule has 4 nitrogen and oxygen atoms in total. The minimum Gasteiger partial charge on any atom is -0.355 e. The Morgan fingerprint density at radius 2 is 1.75 bits per heavy atom. The summed E-state index contributed by atoms with van der Waals surface area (Å²) in [6.45, 7) is 9.68. The second kappa shape index (κ2) is 7.58. The van der Waals surface area contributed by atoms with Crippen molar-refractivity contribution >= 4 is 11.6 Å². The van der Waals surface area contributed by atoms with Crippen LogP contribution in [0.25, 0.3) is 0 Å². The van der Waals surface area contributed by atoms with Crippen LogP contribution in [0.2, 0.25) is 0 Å². The van der Waals surface area contributed by atoms with Crippen molar-refractivity contribution in [2.45, 2.75) is 40.7 Å². The van der Waals surface area contributed by atoms with Crippen molar-refractivity contribution in [3.05, 3.63) is 58.4 Å². The largest absolute Gasteiger partial charge is 0.355 e. The summed E-state index contributed by atoms with van der Waals surface area (Å²) >= 11 is 0. The first-order valence-electron chi connectivity index (χ1n) is 8.34. The van der Waals surface area contributed by atoms with Crippen LogP contribution in [0.1, 0.15) is 64.5 Å². The van der Waals surface area contributed by atoms with Crippen LogP contribution in [-0.2, 0) is 0 Å². The van der Waals surface area contributed by atoms with Crippen LogP contribution in [0.5, 0.6) is 0 Å². The fourth-order valence-corrected chi connectivity index (χ4v) is 3.25. The predicted molar refractivity (Wildman–Crippen MR) is 96.6 cm³/mol. The van der Waals surface area contributed by atoms with Gasteiger partial charge in [0, 0.05) is 17.3 Å². The summed E-state index contributed by atoms with van der Waals surface area (Å²) in [5.41, 5.74) is 3.83. The fraction of sp³-hybridized carbons (Fsp3) is 0.400. The van der Waals surface area contributed by atoms with Crippen LogP contribution in [0, 0.1) is 19.8 Å². The van der Waals surface area contributed by atoms with Crippen molar-refractivity contribution in [3.63, 3.8) is 0 Å². The number of rotatable bonds is 7. The van der Waals surface area contributed by atoms with E-state index in [9.17, 15) is 9.59 Å². The zero-order chi connectivity index (χ0) is 17.9. The van der Waals surface area contributed by atoms with Gasteiger partial charge in [0.05, 0.1) is 12.2 Å². The molecule has 0 unspecified atom stereocenters. The molecule has 1 atom stereocenters. The number of carbonyl (C=O) groups excluding carboxylic acids is 2. The van der Waals surface area contributed by atoms with Crippen LogP contribution < -0.4 is 5.32 Å². The molecule has 2 rings (SSSR count). The van der Waals surface area contributed by atoms with Crippen molar-refractivity contribution in [3.8, 4) is 0 Å². The van der Waals surface area contributed by atoms with E-state index >= 15 is 0 Å². The number of ketones is 2. The van der Waals surface area contributed by atoms with Crippen molar-refractivity contribution in [2.24, 2.45) is 5.92 Å². The minimum absolute atomic E-state index is 0.0161. The van der Waals surface area contributed by atoms with Gasteiger partial charge in [-0.3, -0.25) is 9.59 Å². The maximum absolute atomic E-state index is 12.6. The Bertz CT molecular complexity index is 730. The molecule has 128 valence electrons. The third-order valence-corrected chi connectivity index (χ3v) is 4.38. The van der Waals surface area contributed by atoms with Crippen molar-refractivity contribution in [1.82, 2.24) is 10.3 Å². The molecule has 0 spiro atoms. The zero-order valence-electron chi connectivity index (χ0n) is 15.1. The number of benzene rings is 1. The molecule has 0 amide bonds. The molecule has 0 bridgehead atoms. The fourth-order valence-electron chi connectivity index (χ4n) is 3.25. The number of aromatic nitrogens is 1. The van der Waals surface area contributed by atoms with Gasteiger partial charge in [0.2, 0.25) is 0 Å². The van der Waals surface area contributed by atoms with Gasteiger partial charge in [0.25, 0.3) is 0 Å². The maximum atomic E-state index is 12.6. The number of nitrogens with one attached hydrogen (secondary N) is 2. The average molecular weight is 326 g/mol. The molecule has 0 aliphatic rings. The molecule has 4 heteroatoms. The molecule has 0 saturated carbocycles. The number of H-pyrrole nitrogens is 1. The van der Waals surface area contributed by atoms with Gasteiger partial charge in [0.15, 0.2) is 11.6 Å². The topological polar surface area (TPSA) is 62.0 Å². The maximum Gasteiger partial charge on any atom is 0.193 e. The zero-order valence-corrected chi connectivity index (χ0v) is 15.1. The second-order valence-electron chi connectivity index (χ2n) is 6.62. The van der Waals surface area contributed by atoms with Crippen LogP contribution >= 0.6 is 0 Å². The summed E-state index contributed by atoms with van der Waals surface area (Å²) in [6, 6.07) is 10.2. The van der Waals surface area contributed by atoms with E-state index in [-0.39, 0.29) is 24.2 Å². The molecule has 1 aromatic carbocycles. The Morgan fingerprint density at radius 1 is 1.12 bits per heavy atom. The lowest BCUT2D eigenvalue weighted by atomic mass is 9.96. The van der Waals surface area contributed by atoms with E-state index in [2.05, 4.69) is 36.3 Å². The lowest BCUT2D eigenvalue weighted by Crippen LogP contribution is -2.31. The number of aromatic amines is 1. The van der Waals surface area contributed by atoms with Crippen molar-refractivity contribution in [2.75, 3.05) is 6.54 Å². The van der Waals surface area contributed by atoms with Gasteiger partial charge in [-0.25, -0.2) is 0 Å². The highest BCUT2D eigenvalue weighted by molar-refractivity contribution is 6.03. The third kappa shape index (κ3) is 3.82. The minimum atomic E-state index is -0.0234. The van der Waals surface area contributed by atoms with E-state index in [1.165, 1.54) is 12.5 Å². The molecule has 0 saturated heterocycles. The highest BCUT2D eigenvalue weighted by Crippen LogP contribution is 2.22. The van der Waals surface area contributed by atoms with Crippen molar-refractivity contribution in [1.29, 1.82) is 0 Å². The number of aryl methyl sites for hydroxylation is 1. The van der Waals surface area contributed by atoms with Crippen LogP contribution in [0.4, 0.5) is 0 Å². The van der Waals surface area contributed by atoms with Gasteiger partial charge >= 0.3 is 0 Å². The summed E-state index contributed by atoms with van der Waals surface area (Å²) in [6.07, 6.45) is 0. The molecule has 1 aromatic heterocycles. The first-order valence-corrected chi connectivity index (χ1v) is 8.34. The predicted octanol–water partition coefficient (Wildman–Crippen LogP) is 4.00. The summed E-state index contributed by atoms with van der Waals surface area (Å²) in [5.74, 6) is 0.321. The Labute approximate surface area is 143 Å². The molecule has 0 fully saturated rings. The quantitative estimate of drug-likeness (QED) is 0.756. The molecular formula is C20H26N2O2. The van der Waals surface area contributed by atoms with Crippen LogP contribution in [0.3, 0.4) is 0 Å². The molecule has 2 aromatic rings. The summed E-state index contributed by atoms with van der Waals surface area (Å²) in [7, 11) is 0. The third-order valence-electron chi connectivity index (χ3n) is 4.38. The van der Waals surface area contributed by atoms with Gasteiger partial charge in [-0.1, -0.05) is 44.2 Å². The Kier molecular flexibility index (Phi) is 5.73. The summed E-state index contributed by atoms with van der Waals surface area (Å²) in [4.78, 5) is 27.4. The highest BCUT2D eigenvalue weighted by Gasteiger charge is 2.21. The molecule has 0 aliphatic heterocycles. The number of carbonyl (C=O) groups is 2. The van der Waals surface area contributed by atoms with Crippen molar-refractivity contribution < 1.29 is 9.59 Å². The number of Topliss-reactive ketones (excluding diaryl/α,β-unsaturated/α-hetero) is 2. The van der Waals surface area contributed by atoms with E-state index in [1.807, 2.05) is 32.0 Å². The molecule has 0 radical (unpaired) electrons. The average Bonchev–Trinajstić information content (AvgIpc) is 2.83. The monoisotopic (exact) mass is 326 g/mol. The summed E-state index contributed by atoms with van der Waals surface area (Å²) < 4.78 is 0. The van der Waals surface area contributed by atoms with E-state index in [0.29, 0.717) is 17.2 Å². The first kappa shape index (κ1) is 18.1. The Balaban J connectivity index is 2.15. The van der Waals surface area contributed by atoms with Crippen LogP contribution in [0.15, 0.2) is 30.3 Å². The number of hydrogen-bond donors (Lipinski definition) is 2. The SMILES string of the molecule is CC(=O)c1c(C)[nH]c(C(=O)CN[C@@H](c2ccccc2)C(C)C)c1C. The first-order chi connectivity index (χ1) is 11.3. The Hall–Kier alpha value is -2.20. The molecule has 2 N–H and O–H groups in total. The summed E-state index contributed by atoms with van der Waals surface area (Å²) in [5, 5.41) is 3.36. The molecular weight excluding hydrogens is 300 g/mol. The van der Waals surface area contributed by atoms with Gasteiger partial charge in [0.1, 0.15) is 0 Å². The van der Waals surface area contributed by atoms with Gasteiger partial charge in [-0.05, 0) is 37.8 Å². The molecule has 1 heterocycles. The smallest absolute Gasteiger partial charge is 0.193 e.